The minimum atomic E-state index is -0.804. The first kappa shape index (κ1) is 15.3. The molecule has 1 unspecified atom stereocenters. The Labute approximate surface area is 120 Å². The molecule has 1 aliphatic heterocycles. The number of nitrogens with one attached hydrogen (secondary N) is 1. The largest absolute Gasteiger partial charge is 0.392 e. The number of hydrogen-bond acceptors (Lipinski definition) is 4. The van der Waals surface area contributed by atoms with Crippen molar-refractivity contribution in [2.75, 3.05) is 39.8 Å². The zero-order valence-corrected chi connectivity index (χ0v) is 12.4. The van der Waals surface area contributed by atoms with Crippen LogP contribution in [-0.2, 0) is 9.59 Å². The normalized spacial score (nSPS) is 23.9. The molecule has 1 atom stereocenters. The number of aliphatic hydroxyl groups excluding tert-OH is 1. The van der Waals surface area contributed by atoms with E-state index in [9.17, 15) is 14.7 Å². The van der Waals surface area contributed by atoms with Crippen LogP contribution in [0, 0.1) is 5.41 Å². The van der Waals surface area contributed by atoms with E-state index < -0.39 is 5.41 Å². The summed E-state index contributed by atoms with van der Waals surface area (Å²) in [5.74, 6) is -0.153. The lowest BCUT2D eigenvalue weighted by molar-refractivity contribution is -0.158. The van der Waals surface area contributed by atoms with Gasteiger partial charge in [0.15, 0.2) is 0 Å². The number of carbonyl (C=O) groups excluding carboxylic acids is 2. The number of piperazine rings is 1. The summed E-state index contributed by atoms with van der Waals surface area (Å²) in [5, 5.41) is 12.0. The molecule has 2 aliphatic rings. The van der Waals surface area contributed by atoms with Crippen molar-refractivity contribution in [3.63, 3.8) is 0 Å². The van der Waals surface area contributed by atoms with Gasteiger partial charge in [0, 0.05) is 39.8 Å². The average molecular weight is 283 g/mol. The van der Waals surface area contributed by atoms with E-state index in [-0.39, 0.29) is 17.9 Å². The Bertz CT molecular complexity index is 372. The van der Waals surface area contributed by atoms with E-state index in [0.717, 1.165) is 19.5 Å². The Kier molecular flexibility index (Phi) is 4.65. The second-order valence-electron chi connectivity index (χ2n) is 5.96. The van der Waals surface area contributed by atoms with Gasteiger partial charge in [-0.05, 0) is 19.8 Å². The van der Waals surface area contributed by atoms with Gasteiger partial charge < -0.3 is 15.3 Å². The van der Waals surface area contributed by atoms with Crippen molar-refractivity contribution in [3.05, 3.63) is 0 Å². The van der Waals surface area contributed by atoms with Crippen molar-refractivity contribution in [1.82, 2.24) is 15.1 Å². The molecule has 0 radical (unpaired) electrons. The molecule has 2 fully saturated rings. The average Bonchev–Trinajstić information content (AvgIpc) is 2.37. The van der Waals surface area contributed by atoms with Crippen molar-refractivity contribution in [1.29, 1.82) is 0 Å². The molecular weight excluding hydrogens is 258 g/mol. The van der Waals surface area contributed by atoms with Crippen LogP contribution in [0.15, 0.2) is 0 Å². The summed E-state index contributed by atoms with van der Waals surface area (Å²) in [6, 6.07) is 0. The maximum atomic E-state index is 12.6. The third-order valence-electron chi connectivity index (χ3n) is 4.46. The molecule has 1 saturated heterocycles. The molecule has 0 aromatic heterocycles. The first-order valence-electron chi connectivity index (χ1n) is 7.41. The van der Waals surface area contributed by atoms with Crippen molar-refractivity contribution in [3.8, 4) is 0 Å². The lowest BCUT2D eigenvalue weighted by Crippen LogP contribution is -2.59. The van der Waals surface area contributed by atoms with E-state index in [2.05, 4.69) is 10.2 Å². The van der Waals surface area contributed by atoms with Crippen molar-refractivity contribution < 1.29 is 14.7 Å². The molecule has 2 amide bonds. The van der Waals surface area contributed by atoms with Gasteiger partial charge in [0.1, 0.15) is 5.41 Å². The van der Waals surface area contributed by atoms with Gasteiger partial charge in [0.05, 0.1) is 6.10 Å². The standard InChI is InChI=1S/C14H25N3O3/c1-11(18)10-16-6-8-17(9-7-16)13(20)14(4-3-5-14)12(19)15-2/h11,18H,3-10H2,1-2H3,(H,15,19). The zero-order valence-electron chi connectivity index (χ0n) is 12.4. The van der Waals surface area contributed by atoms with Gasteiger partial charge in [0.25, 0.3) is 0 Å². The Morgan fingerprint density at radius 2 is 1.85 bits per heavy atom. The highest BCUT2D eigenvalue weighted by Crippen LogP contribution is 2.42. The minimum absolute atomic E-state index is 0.0141. The molecule has 6 nitrogen and oxygen atoms in total. The van der Waals surface area contributed by atoms with Crippen molar-refractivity contribution in [2.24, 2.45) is 5.41 Å². The van der Waals surface area contributed by atoms with Crippen LogP contribution in [0.25, 0.3) is 0 Å². The van der Waals surface area contributed by atoms with E-state index >= 15 is 0 Å². The maximum Gasteiger partial charge on any atom is 0.238 e. The van der Waals surface area contributed by atoms with E-state index in [4.69, 9.17) is 0 Å². The molecule has 1 aliphatic carbocycles. The quantitative estimate of drug-likeness (QED) is 0.678. The van der Waals surface area contributed by atoms with Crippen LogP contribution in [0.3, 0.4) is 0 Å². The number of amides is 2. The predicted molar refractivity (Wildman–Crippen MR) is 75.1 cm³/mol. The monoisotopic (exact) mass is 283 g/mol. The number of nitrogens with zero attached hydrogens (tertiary/aromatic N) is 2. The van der Waals surface area contributed by atoms with Crippen LogP contribution in [0.4, 0.5) is 0 Å². The molecule has 0 bridgehead atoms. The maximum absolute atomic E-state index is 12.6. The van der Waals surface area contributed by atoms with Crippen LogP contribution < -0.4 is 5.32 Å². The molecule has 6 heteroatoms. The Balaban J connectivity index is 1.93. The molecule has 114 valence electrons. The highest BCUT2D eigenvalue weighted by atomic mass is 16.3. The number of hydrogen-bond donors (Lipinski definition) is 2. The first-order chi connectivity index (χ1) is 9.49. The molecule has 20 heavy (non-hydrogen) atoms. The number of β-amino-alcohol motifs (C(OH)–C–C–N with tert-alkyl or cyclic N) is 1. The number of aliphatic hydroxyl groups is 1. The Morgan fingerprint density at radius 1 is 1.25 bits per heavy atom. The molecule has 1 saturated carbocycles. The van der Waals surface area contributed by atoms with E-state index in [0.29, 0.717) is 32.5 Å². The number of carbonyl (C=O) groups is 2. The molecular formula is C14H25N3O3. The smallest absolute Gasteiger partial charge is 0.238 e. The number of rotatable bonds is 4. The Hall–Kier alpha value is -1.14. The molecule has 0 spiro atoms. The summed E-state index contributed by atoms with van der Waals surface area (Å²) in [6.07, 6.45) is 1.93. The van der Waals surface area contributed by atoms with Gasteiger partial charge in [-0.1, -0.05) is 6.42 Å². The van der Waals surface area contributed by atoms with Crippen LogP contribution in [0.5, 0.6) is 0 Å². The molecule has 2 N–H and O–H groups in total. The lowest BCUT2D eigenvalue weighted by Gasteiger charge is -2.44. The van der Waals surface area contributed by atoms with Gasteiger partial charge in [-0.3, -0.25) is 14.5 Å². The summed E-state index contributed by atoms with van der Waals surface area (Å²) in [5.41, 5.74) is -0.804. The molecule has 0 aromatic carbocycles. The van der Waals surface area contributed by atoms with Crippen molar-refractivity contribution >= 4 is 11.8 Å². The SMILES string of the molecule is CNC(=O)C1(C(=O)N2CCN(CC(C)O)CC2)CCC1. The van der Waals surface area contributed by atoms with Crippen LogP contribution >= 0.6 is 0 Å². The zero-order chi connectivity index (χ0) is 14.8. The molecule has 2 rings (SSSR count). The second kappa shape index (κ2) is 6.10. The minimum Gasteiger partial charge on any atom is -0.392 e. The van der Waals surface area contributed by atoms with Crippen molar-refractivity contribution in [2.45, 2.75) is 32.3 Å². The first-order valence-corrected chi connectivity index (χ1v) is 7.41. The van der Waals surface area contributed by atoms with Gasteiger partial charge in [-0.2, -0.15) is 0 Å². The van der Waals surface area contributed by atoms with E-state index in [1.807, 2.05) is 4.90 Å². The van der Waals surface area contributed by atoms with Crippen LogP contribution in [-0.4, -0.2) is 72.6 Å². The van der Waals surface area contributed by atoms with Gasteiger partial charge in [-0.15, -0.1) is 0 Å². The van der Waals surface area contributed by atoms with E-state index in [1.54, 1.807) is 14.0 Å². The fraction of sp³-hybridized carbons (Fsp3) is 0.857. The summed E-state index contributed by atoms with van der Waals surface area (Å²) in [6.45, 7) is 5.23. The highest BCUT2D eigenvalue weighted by Gasteiger charge is 2.52. The summed E-state index contributed by atoms with van der Waals surface area (Å²) in [4.78, 5) is 28.6. The topological polar surface area (TPSA) is 72.9 Å². The summed E-state index contributed by atoms with van der Waals surface area (Å²) in [7, 11) is 1.59. The lowest BCUT2D eigenvalue weighted by atomic mass is 9.67. The third-order valence-corrected chi connectivity index (χ3v) is 4.46. The van der Waals surface area contributed by atoms with Gasteiger partial charge >= 0.3 is 0 Å². The van der Waals surface area contributed by atoms with Gasteiger partial charge in [-0.25, -0.2) is 0 Å². The van der Waals surface area contributed by atoms with Crippen LogP contribution in [0.2, 0.25) is 0 Å². The fourth-order valence-electron chi connectivity index (χ4n) is 3.12. The van der Waals surface area contributed by atoms with E-state index in [1.165, 1.54) is 0 Å². The Morgan fingerprint density at radius 3 is 2.25 bits per heavy atom. The highest BCUT2D eigenvalue weighted by molar-refractivity contribution is 6.05. The molecule has 1 heterocycles. The summed E-state index contributed by atoms with van der Waals surface area (Å²) < 4.78 is 0. The second-order valence-corrected chi connectivity index (χ2v) is 5.96. The predicted octanol–water partition coefficient (Wildman–Crippen LogP) is -0.572. The fourth-order valence-corrected chi connectivity index (χ4v) is 3.12. The van der Waals surface area contributed by atoms with Gasteiger partial charge in [0.2, 0.25) is 11.8 Å². The molecule has 0 aromatic rings. The van der Waals surface area contributed by atoms with Crippen LogP contribution in [0.1, 0.15) is 26.2 Å². The third kappa shape index (κ3) is 2.81. The summed E-state index contributed by atoms with van der Waals surface area (Å²) >= 11 is 0.